The van der Waals surface area contributed by atoms with Gasteiger partial charge in [0.25, 0.3) is 0 Å². The Morgan fingerprint density at radius 2 is 2.03 bits per heavy atom. The van der Waals surface area contributed by atoms with Crippen LogP contribution in [-0.4, -0.2) is 42.8 Å². The van der Waals surface area contributed by atoms with Crippen molar-refractivity contribution in [1.29, 1.82) is 0 Å². The zero-order valence-electron chi connectivity index (χ0n) is 16.1. The van der Waals surface area contributed by atoms with E-state index in [4.69, 9.17) is 4.98 Å². The number of fused-ring (bicyclic) bond motifs is 1. The van der Waals surface area contributed by atoms with Crippen LogP contribution in [0.3, 0.4) is 0 Å². The van der Waals surface area contributed by atoms with E-state index in [9.17, 15) is 9.32 Å². The number of nitrogens with one attached hydrogen (secondary N) is 2. The fourth-order valence-corrected chi connectivity index (χ4v) is 4.65. The number of hydrogen-bond donors (Lipinski definition) is 3. The summed E-state index contributed by atoms with van der Waals surface area (Å²) in [6.07, 6.45) is 7.76. The Bertz CT molecular complexity index is 1020. The highest BCUT2D eigenvalue weighted by Crippen LogP contribution is 2.29. The summed E-state index contributed by atoms with van der Waals surface area (Å²) in [5.41, 5.74) is 1.58. The number of halogens is 1. The van der Waals surface area contributed by atoms with E-state index in [0.717, 1.165) is 52.4 Å². The van der Waals surface area contributed by atoms with Crippen LogP contribution >= 0.6 is 15.9 Å². The first-order chi connectivity index (χ1) is 14.0. The molecule has 0 amide bonds. The van der Waals surface area contributed by atoms with Crippen molar-refractivity contribution in [2.45, 2.75) is 36.6 Å². The maximum Gasteiger partial charge on any atom is 0.173 e. The van der Waals surface area contributed by atoms with Crippen molar-refractivity contribution in [2.24, 2.45) is 5.92 Å². The fraction of sp³-hybridized carbons (Fsp3) is 0.400. The van der Waals surface area contributed by atoms with Gasteiger partial charge in [0.05, 0.1) is 10.7 Å². The molecule has 1 saturated carbocycles. The Kier molecular flexibility index (Phi) is 6.17. The van der Waals surface area contributed by atoms with Crippen LogP contribution in [0.15, 0.2) is 45.9 Å². The van der Waals surface area contributed by atoms with Crippen molar-refractivity contribution in [3.8, 4) is 0 Å². The highest BCUT2D eigenvalue weighted by atomic mass is 79.9. The van der Waals surface area contributed by atoms with Gasteiger partial charge < -0.3 is 15.7 Å². The summed E-state index contributed by atoms with van der Waals surface area (Å²) >= 11 is 3.52. The minimum Gasteiger partial charge on any atom is -0.396 e. The molecule has 0 saturated heterocycles. The predicted molar refractivity (Wildman–Crippen MR) is 119 cm³/mol. The number of nitrogens with zero attached hydrogens (tertiary/aromatic N) is 3. The van der Waals surface area contributed by atoms with E-state index in [-0.39, 0.29) is 18.6 Å². The summed E-state index contributed by atoms with van der Waals surface area (Å²) < 4.78 is 14.2. The van der Waals surface area contributed by atoms with Crippen LogP contribution in [-0.2, 0) is 10.8 Å². The average molecular weight is 478 g/mol. The monoisotopic (exact) mass is 477 g/mol. The van der Waals surface area contributed by atoms with Gasteiger partial charge in [-0.05, 0) is 53.0 Å². The van der Waals surface area contributed by atoms with E-state index >= 15 is 0 Å². The summed E-state index contributed by atoms with van der Waals surface area (Å²) in [6.45, 7) is 0.187. The minimum atomic E-state index is -1.01. The molecule has 1 aliphatic rings. The molecule has 0 bridgehead atoms. The molecule has 3 aromatic rings. The van der Waals surface area contributed by atoms with Gasteiger partial charge in [-0.15, -0.1) is 0 Å². The van der Waals surface area contributed by atoms with Crippen LogP contribution in [0, 0.1) is 5.92 Å². The topological polar surface area (TPSA) is 91.5 Å². The van der Waals surface area contributed by atoms with Crippen LogP contribution in [0.5, 0.6) is 0 Å². The van der Waals surface area contributed by atoms with Crippen molar-refractivity contribution >= 4 is 49.7 Å². The van der Waals surface area contributed by atoms with Crippen molar-refractivity contribution in [3.05, 3.63) is 41.0 Å². The molecule has 0 radical (unpaired) electrons. The van der Waals surface area contributed by atoms with Crippen molar-refractivity contribution < 1.29 is 9.32 Å². The summed E-state index contributed by atoms with van der Waals surface area (Å²) in [7, 11) is -1.01. The van der Waals surface area contributed by atoms with Gasteiger partial charge in [0.2, 0.25) is 0 Å². The van der Waals surface area contributed by atoms with Gasteiger partial charge in [0.1, 0.15) is 11.6 Å². The van der Waals surface area contributed by atoms with Crippen LogP contribution in [0.25, 0.3) is 5.65 Å². The fourth-order valence-electron chi connectivity index (χ4n) is 3.78. The molecule has 3 atom stereocenters. The minimum absolute atomic E-state index is 0.187. The lowest BCUT2D eigenvalue weighted by atomic mass is 9.85. The molecule has 9 heteroatoms. The quantitative estimate of drug-likeness (QED) is 0.497. The zero-order chi connectivity index (χ0) is 20.4. The summed E-state index contributed by atoms with van der Waals surface area (Å²) in [5, 5.41) is 21.0. The molecule has 3 unspecified atom stereocenters. The number of aliphatic hydroxyl groups is 1. The molecule has 7 nitrogen and oxygen atoms in total. The molecule has 2 aromatic heterocycles. The predicted octanol–water partition coefficient (Wildman–Crippen LogP) is 3.94. The second kappa shape index (κ2) is 8.81. The highest BCUT2D eigenvalue weighted by Gasteiger charge is 2.25. The van der Waals surface area contributed by atoms with Gasteiger partial charge in [-0.2, -0.15) is 9.61 Å². The Hall–Kier alpha value is -1.97. The number of hydrogen-bond acceptors (Lipinski definition) is 6. The maximum atomic E-state index is 11.6. The first kappa shape index (κ1) is 20.3. The maximum absolute atomic E-state index is 11.6. The Morgan fingerprint density at radius 3 is 2.76 bits per heavy atom. The highest BCUT2D eigenvalue weighted by molar-refractivity contribution is 9.10. The number of anilines is 3. The summed E-state index contributed by atoms with van der Waals surface area (Å²) in [6, 6.07) is 9.64. The summed E-state index contributed by atoms with van der Waals surface area (Å²) in [4.78, 5) is 5.50. The number of aromatic nitrogens is 3. The second-order valence-corrected chi connectivity index (χ2v) is 9.57. The lowest BCUT2D eigenvalue weighted by molar-refractivity contribution is 0.178. The van der Waals surface area contributed by atoms with E-state index in [0.29, 0.717) is 5.65 Å². The van der Waals surface area contributed by atoms with E-state index in [1.165, 1.54) is 0 Å². The standard InChI is InChI=1S/C20H24BrN5O2S/c1-29(28)15-8-6-14(7-9-15)23-19-10-18(25-20-16(21)11-22-26(19)20)24-17-5-3-2-4-13(17)12-27/h6-11,13,17,23,27H,2-5,12H2,1H3,(H,24,25). The smallest absolute Gasteiger partial charge is 0.173 e. The number of benzene rings is 1. The van der Waals surface area contributed by atoms with Crippen LogP contribution in [0.2, 0.25) is 0 Å². The normalized spacial score (nSPS) is 20.5. The molecular weight excluding hydrogens is 454 g/mol. The third-order valence-electron chi connectivity index (χ3n) is 5.36. The molecule has 1 aromatic carbocycles. The SMILES string of the molecule is CS(=O)c1ccc(Nc2cc(NC3CCCCC3CO)nc3c(Br)cnn23)cc1. The molecule has 2 heterocycles. The molecule has 3 N–H and O–H groups in total. The Morgan fingerprint density at radius 1 is 1.28 bits per heavy atom. The lowest BCUT2D eigenvalue weighted by Crippen LogP contribution is -2.34. The first-order valence-electron chi connectivity index (χ1n) is 9.67. The Balaban J connectivity index is 1.65. The largest absolute Gasteiger partial charge is 0.396 e. The van der Waals surface area contributed by atoms with Gasteiger partial charge in [-0.25, -0.2) is 4.98 Å². The van der Waals surface area contributed by atoms with Crippen molar-refractivity contribution in [1.82, 2.24) is 14.6 Å². The van der Waals surface area contributed by atoms with Crippen LogP contribution < -0.4 is 10.6 Å². The van der Waals surface area contributed by atoms with E-state index in [2.05, 4.69) is 31.7 Å². The third-order valence-corrected chi connectivity index (χ3v) is 6.86. The van der Waals surface area contributed by atoms with Gasteiger partial charge in [0, 0.05) is 52.3 Å². The Labute approximate surface area is 180 Å². The lowest BCUT2D eigenvalue weighted by Gasteiger charge is -2.31. The van der Waals surface area contributed by atoms with Gasteiger partial charge in [-0.3, -0.25) is 4.21 Å². The van der Waals surface area contributed by atoms with E-state index < -0.39 is 10.8 Å². The second-order valence-electron chi connectivity index (χ2n) is 7.34. The molecule has 1 aliphatic carbocycles. The molecule has 0 aliphatic heterocycles. The van der Waals surface area contributed by atoms with E-state index in [1.54, 1.807) is 17.0 Å². The number of aliphatic hydroxyl groups excluding tert-OH is 1. The molecular formula is C20H24BrN5O2S. The van der Waals surface area contributed by atoms with Gasteiger partial charge in [0.15, 0.2) is 5.65 Å². The average Bonchev–Trinajstić information content (AvgIpc) is 3.10. The molecule has 154 valence electrons. The zero-order valence-corrected chi connectivity index (χ0v) is 18.5. The first-order valence-corrected chi connectivity index (χ1v) is 12.0. The molecule has 0 spiro atoms. The molecule has 4 rings (SSSR count). The molecule has 1 fully saturated rings. The number of rotatable bonds is 6. The van der Waals surface area contributed by atoms with Crippen LogP contribution in [0.1, 0.15) is 25.7 Å². The van der Waals surface area contributed by atoms with Crippen molar-refractivity contribution in [3.63, 3.8) is 0 Å². The van der Waals surface area contributed by atoms with Gasteiger partial charge >= 0.3 is 0 Å². The van der Waals surface area contributed by atoms with Crippen LogP contribution in [0.4, 0.5) is 17.3 Å². The van der Waals surface area contributed by atoms with Crippen molar-refractivity contribution in [2.75, 3.05) is 23.5 Å². The summed E-state index contributed by atoms with van der Waals surface area (Å²) in [5.74, 6) is 1.76. The third kappa shape index (κ3) is 4.46. The van der Waals surface area contributed by atoms with E-state index in [1.807, 2.05) is 30.3 Å². The van der Waals surface area contributed by atoms with Gasteiger partial charge in [-0.1, -0.05) is 12.8 Å². The molecule has 29 heavy (non-hydrogen) atoms.